The van der Waals surface area contributed by atoms with Gasteiger partial charge in [0.15, 0.2) is 0 Å². The van der Waals surface area contributed by atoms with Gasteiger partial charge in [0.2, 0.25) is 0 Å². The van der Waals surface area contributed by atoms with Gasteiger partial charge in [0.25, 0.3) is 5.91 Å². The number of carbonyl (C=O) groups is 2. The lowest BCUT2D eigenvalue weighted by Crippen LogP contribution is -2.40. The van der Waals surface area contributed by atoms with Crippen molar-refractivity contribution in [3.8, 4) is 6.07 Å². The first kappa shape index (κ1) is 22.9. The van der Waals surface area contributed by atoms with Gasteiger partial charge in [0.1, 0.15) is 5.82 Å². The maximum Gasteiger partial charge on any atom is 0.341 e. The van der Waals surface area contributed by atoms with Crippen LogP contribution >= 0.6 is 0 Å². The largest absolute Gasteiger partial charge is 0.462 e. The van der Waals surface area contributed by atoms with E-state index in [9.17, 15) is 14.0 Å². The number of amides is 1. The van der Waals surface area contributed by atoms with Gasteiger partial charge < -0.3 is 14.8 Å². The molecule has 0 saturated carbocycles. The first-order chi connectivity index (χ1) is 16.0. The molecule has 0 unspecified atom stereocenters. The van der Waals surface area contributed by atoms with Crippen LogP contribution in [0.15, 0.2) is 18.2 Å². The fourth-order valence-corrected chi connectivity index (χ4v) is 4.57. The Hall–Kier alpha value is -3.25. The summed E-state index contributed by atoms with van der Waals surface area (Å²) in [6, 6.07) is 5.46. The zero-order valence-electron chi connectivity index (χ0n) is 18.7. The third-order valence-corrected chi connectivity index (χ3v) is 6.47. The second-order valence-electron chi connectivity index (χ2n) is 8.61. The normalized spacial score (nSPS) is 17.1. The Labute approximate surface area is 191 Å². The minimum Gasteiger partial charge on any atom is -0.462 e. The second kappa shape index (κ2) is 9.71. The molecule has 2 aromatic rings. The number of benzene rings is 1. The van der Waals surface area contributed by atoms with Gasteiger partial charge in [-0.05, 0) is 49.3 Å². The summed E-state index contributed by atoms with van der Waals surface area (Å²) >= 11 is 0. The van der Waals surface area contributed by atoms with E-state index >= 15 is 0 Å². The fraction of sp³-hybridized carbons (Fsp3) is 0.500. The molecule has 9 heteroatoms. The number of hydrogen-bond acceptors (Lipinski definition) is 6. The van der Waals surface area contributed by atoms with Crippen molar-refractivity contribution in [1.29, 1.82) is 5.26 Å². The molecule has 1 fully saturated rings. The molecule has 1 N–H and O–H groups in total. The Morgan fingerprint density at radius 1 is 1.39 bits per heavy atom. The molecule has 1 spiro atoms. The molecule has 1 aromatic heterocycles. The Balaban J connectivity index is 1.45. The van der Waals surface area contributed by atoms with E-state index in [2.05, 4.69) is 10.4 Å². The van der Waals surface area contributed by atoms with E-state index in [1.807, 2.05) is 17.7 Å². The molecule has 1 saturated heterocycles. The van der Waals surface area contributed by atoms with Crippen molar-refractivity contribution >= 4 is 11.9 Å². The third-order valence-electron chi connectivity index (χ3n) is 6.47. The monoisotopic (exact) mass is 454 g/mol. The van der Waals surface area contributed by atoms with Gasteiger partial charge in [0, 0.05) is 32.7 Å². The highest BCUT2D eigenvalue weighted by Gasteiger charge is 2.39. The second-order valence-corrected chi connectivity index (χ2v) is 8.61. The third kappa shape index (κ3) is 4.76. The number of nitriles is 1. The van der Waals surface area contributed by atoms with E-state index in [-0.39, 0.29) is 29.1 Å². The van der Waals surface area contributed by atoms with Crippen LogP contribution in [0.25, 0.3) is 0 Å². The Bertz CT molecular complexity index is 1100. The zero-order chi connectivity index (χ0) is 23.4. The Morgan fingerprint density at radius 2 is 2.18 bits per heavy atom. The molecular formula is C24H27FN4O4. The molecule has 2 aliphatic heterocycles. The summed E-state index contributed by atoms with van der Waals surface area (Å²) in [5, 5.41) is 16.7. The van der Waals surface area contributed by atoms with Crippen molar-refractivity contribution in [2.24, 2.45) is 5.41 Å². The van der Waals surface area contributed by atoms with Crippen molar-refractivity contribution in [3.63, 3.8) is 0 Å². The summed E-state index contributed by atoms with van der Waals surface area (Å²) in [5.74, 6) is -1.62. The van der Waals surface area contributed by atoms with Gasteiger partial charge >= 0.3 is 5.97 Å². The van der Waals surface area contributed by atoms with Crippen LogP contribution < -0.4 is 5.32 Å². The molecule has 0 atom stereocenters. The first-order valence-electron chi connectivity index (χ1n) is 11.3. The van der Waals surface area contributed by atoms with Crippen LogP contribution in [0, 0.1) is 22.6 Å². The molecule has 0 bridgehead atoms. The molecule has 4 rings (SSSR count). The number of halogens is 1. The predicted molar refractivity (Wildman–Crippen MR) is 116 cm³/mol. The van der Waals surface area contributed by atoms with Gasteiger partial charge in [-0.3, -0.25) is 9.48 Å². The highest BCUT2D eigenvalue weighted by Crippen LogP contribution is 2.37. The van der Waals surface area contributed by atoms with Crippen molar-refractivity contribution in [3.05, 3.63) is 52.1 Å². The lowest BCUT2D eigenvalue weighted by atomic mass is 9.76. The number of aryl methyl sites for hydroxylation is 2. The Morgan fingerprint density at radius 3 is 2.91 bits per heavy atom. The van der Waals surface area contributed by atoms with E-state index < -0.39 is 11.8 Å². The molecule has 174 valence electrons. The SMILES string of the molecule is CCc1nn(CCCOC(=O)c2cc(C#N)ccc2F)c2c1C(=O)NCC1(CCOCC1)C2. The summed E-state index contributed by atoms with van der Waals surface area (Å²) in [6.45, 7) is 4.49. The molecule has 1 amide bonds. The lowest BCUT2D eigenvalue weighted by Gasteiger charge is -2.36. The number of hydrogen-bond donors (Lipinski definition) is 1. The number of esters is 1. The highest BCUT2D eigenvalue weighted by atomic mass is 19.1. The van der Waals surface area contributed by atoms with Crippen LogP contribution in [0.4, 0.5) is 4.39 Å². The molecule has 33 heavy (non-hydrogen) atoms. The van der Waals surface area contributed by atoms with Crippen molar-refractivity contribution in [2.75, 3.05) is 26.4 Å². The number of carbonyl (C=O) groups excluding carboxylic acids is 2. The number of ether oxygens (including phenoxy) is 2. The average Bonchev–Trinajstić information content (AvgIpc) is 3.11. The average molecular weight is 455 g/mol. The first-order valence-corrected chi connectivity index (χ1v) is 11.3. The minimum absolute atomic E-state index is 0.0439. The maximum absolute atomic E-state index is 13.9. The quantitative estimate of drug-likeness (QED) is 0.531. The fourth-order valence-electron chi connectivity index (χ4n) is 4.57. The molecule has 3 heterocycles. The lowest BCUT2D eigenvalue weighted by molar-refractivity contribution is 0.0152. The van der Waals surface area contributed by atoms with E-state index in [0.29, 0.717) is 44.7 Å². The molecular weight excluding hydrogens is 427 g/mol. The molecule has 8 nitrogen and oxygen atoms in total. The summed E-state index contributed by atoms with van der Waals surface area (Å²) in [6.07, 6.45) is 3.60. The van der Waals surface area contributed by atoms with E-state index in [0.717, 1.165) is 36.7 Å². The summed E-state index contributed by atoms with van der Waals surface area (Å²) in [4.78, 5) is 25.1. The smallest absolute Gasteiger partial charge is 0.341 e. The van der Waals surface area contributed by atoms with Gasteiger partial charge in [-0.15, -0.1) is 0 Å². The highest BCUT2D eigenvalue weighted by molar-refractivity contribution is 5.97. The maximum atomic E-state index is 13.9. The molecule has 0 aliphatic carbocycles. The van der Waals surface area contributed by atoms with Crippen molar-refractivity contribution < 1.29 is 23.5 Å². The van der Waals surface area contributed by atoms with Crippen molar-refractivity contribution in [2.45, 2.75) is 45.6 Å². The Kier molecular flexibility index (Phi) is 6.75. The standard InChI is InChI=1S/C24H27FN4O4/c1-2-19-21-20(13-24(15-27-22(21)30)6-10-32-11-7-24)29(28-19)8-3-9-33-23(31)17-12-16(14-26)4-5-18(17)25/h4-5,12H,2-3,6-11,13,15H2,1H3,(H,27,30). The van der Waals surface area contributed by atoms with Gasteiger partial charge in [-0.1, -0.05) is 6.92 Å². The summed E-state index contributed by atoms with van der Waals surface area (Å²) in [5.41, 5.74) is 2.23. The van der Waals surface area contributed by atoms with Crippen LogP contribution in [-0.2, 0) is 28.9 Å². The van der Waals surface area contributed by atoms with Crippen LogP contribution in [-0.4, -0.2) is 48.0 Å². The predicted octanol–water partition coefficient (Wildman–Crippen LogP) is 2.79. The van der Waals surface area contributed by atoms with Crippen LogP contribution in [0.1, 0.15) is 63.9 Å². The number of fused-ring (bicyclic) bond motifs is 1. The van der Waals surface area contributed by atoms with Gasteiger partial charge in [-0.25, -0.2) is 9.18 Å². The van der Waals surface area contributed by atoms with E-state index in [1.54, 1.807) is 0 Å². The number of nitrogens with zero attached hydrogens (tertiary/aromatic N) is 3. The summed E-state index contributed by atoms with van der Waals surface area (Å²) < 4.78 is 26.6. The topological polar surface area (TPSA) is 106 Å². The number of aromatic nitrogens is 2. The zero-order valence-corrected chi connectivity index (χ0v) is 18.7. The van der Waals surface area contributed by atoms with E-state index in [1.165, 1.54) is 12.1 Å². The van der Waals surface area contributed by atoms with Gasteiger partial charge in [-0.2, -0.15) is 10.4 Å². The summed E-state index contributed by atoms with van der Waals surface area (Å²) in [7, 11) is 0. The minimum atomic E-state index is -0.807. The number of nitrogens with one attached hydrogen (secondary N) is 1. The van der Waals surface area contributed by atoms with Crippen LogP contribution in [0.2, 0.25) is 0 Å². The van der Waals surface area contributed by atoms with Crippen LogP contribution in [0.5, 0.6) is 0 Å². The molecule has 2 aliphatic rings. The number of rotatable bonds is 6. The van der Waals surface area contributed by atoms with Crippen molar-refractivity contribution in [1.82, 2.24) is 15.1 Å². The molecule has 0 radical (unpaired) electrons. The molecule has 1 aromatic carbocycles. The van der Waals surface area contributed by atoms with Gasteiger partial charge in [0.05, 0.1) is 40.8 Å². The van der Waals surface area contributed by atoms with Crippen LogP contribution in [0.3, 0.4) is 0 Å². The van der Waals surface area contributed by atoms with E-state index in [4.69, 9.17) is 14.7 Å².